The normalized spacial score (nSPS) is 11.7. The number of nitrogens with one attached hydrogen (secondary N) is 1. The van der Waals surface area contributed by atoms with E-state index in [2.05, 4.69) is 10.5 Å². The number of ether oxygens (including phenoxy) is 1. The van der Waals surface area contributed by atoms with Crippen molar-refractivity contribution in [1.29, 1.82) is 5.26 Å². The van der Waals surface area contributed by atoms with Gasteiger partial charge in [-0.2, -0.15) is 18.4 Å². The van der Waals surface area contributed by atoms with Crippen LogP contribution in [0.5, 0.6) is 5.75 Å². The molecule has 32 heavy (non-hydrogen) atoms. The van der Waals surface area contributed by atoms with Crippen molar-refractivity contribution >= 4 is 17.7 Å². The molecule has 0 aliphatic rings. The van der Waals surface area contributed by atoms with Crippen LogP contribution in [0.15, 0.2) is 58.6 Å². The lowest BCUT2D eigenvalue weighted by atomic mass is 10.1. The largest absolute Gasteiger partial charge is 0.489 e. The lowest BCUT2D eigenvalue weighted by Crippen LogP contribution is -2.14. The Labute approximate surface area is 181 Å². The van der Waals surface area contributed by atoms with Crippen LogP contribution in [0.4, 0.5) is 18.9 Å². The summed E-state index contributed by atoms with van der Waals surface area (Å²) in [5.74, 6) is 0.423. The van der Waals surface area contributed by atoms with Crippen LogP contribution in [0.25, 0.3) is 6.08 Å². The van der Waals surface area contributed by atoms with Crippen molar-refractivity contribution in [3.8, 4) is 11.8 Å². The third-order valence-electron chi connectivity index (χ3n) is 4.57. The van der Waals surface area contributed by atoms with Crippen LogP contribution < -0.4 is 10.1 Å². The first kappa shape index (κ1) is 22.6. The molecule has 1 aromatic heterocycles. The Hall–Kier alpha value is -4.06. The van der Waals surface area contributed by atoms with Gasteiger partial charge in [-0.25, -0.2) is 0 Å². The van der Waals surface area contributed by atoms with E-state index in [1.807, 2.05) is 6.92 Å². The quantitative estimate of drug-likeness (QED) is 0.407. The molecule has 0 fully saturated rings. The van der Waals surface area contributed by atoms with E-state index in [9.17, 15) is 23.2 Å². The summed E-state index contributed by atoms with van der Waals surface area (Å²) in [5, 5.41) is 15.5. The molecule has 0 bridgehead atoms. The van der Waals surface area contributed by atoms with E-state index >= 15 is 0 Å². The number of carbonyl (C=O) groups excluding carboxylic acids is 1. The SMILES string of the molecule is Cc1noc(C)c1COc1ccc(/C=C(\C#N)C(=O)Nc2cccc(C(F)(F)F)c2)cc1. The van der Waals surface area contributed by atoms with E-state index in [-0.39, 0.29) is 17.9 Å². The van der Waals surface area contributed by atoms with Crippen molar-refractivity contribution in [2.45, 2.75) is 26.6 Å². The van der Waals surface area contributed by atoms with Crippen molar-refractivity contribution in [3.63, 3.8) is 0 Å². The van der Waals surface area contributed by atoms with Crippen LogP contribution in [-0.4, -0.2) is 11.1 Å². The zero-order valence-corrected chi connectivity index (χ0v) is 17.2. The van der Waals surface area contributed by atoms with Gasteiger partial charge in [0.05, 0.1) is 16.8 Å². The number of nitriles is 1. The number of anilines is 1. The molecule has 0 aliphatic carbocycles. The number of carbonyl (C=O) groups is 1. The maximum Gasteiger partial charge on any atom is 0.416 e. The van der Waals surface area contributed by atoms with E-state index in [0.29, 0.717) is 17.1 Å². The van der Waals surface area contributed by atoms with Crippen LogP contribution in [-0.2, 0) is 17.6 Å². The molecule has 0 unspecified atom stereocenters. The first-order valence-corrected chi connectivity index (χ1v) is 9.42. The molecule has 2 aromatic carbocycles. The lowest BCUT2D eigenvalue weighted by Gasteiger charge is -2.09. The van der Waals surface area contributed by atoms with Crippen molar-refractivity contribution in [1.82, 2.24) is 5.16 Å². The molecule has 3 aromatic rings. The summed E-state index contributed by atoms with van der Waals surface area (Å²) in [6, 6.07) is 12.6. The third-order valence-corrected chi connectivity index (χ3v) is 4.57. The number of hydrogen-bond donors (Lipinski definition) is 1. The summed E-state index contributed by atoms with van der Waals surface area (Å²) in [6.07, 6.45) is -3.20. The van der Waals surface area contributed by atoms with E-state index in [1.165, 1.54) is 18.2 Å². The molecule has 164 valence electrons. The van der Waals surface area contributed by atoms with Gasteiger partial charge in [-0.15, -0.1) is 0 Å². The van der Waals surface area contributed by atoms with Gasteiger partial charge in [0.2, 0.25) is 0 Å². The molecule has 1 amide bonds. The van der Waals surface area contributed by atoms with Crippen LogP contribution in [0.1, 0.15) is 28.1 Å². The molecule has 9 heteroatoms. The molecule has 1 N–H and O–H groups in total. The molecule has 0 saturated heterocycles. The lowest BCUT2D eigenvalue weighted by molar-refractivity contribution is -0.137. The summed E-state index contributed by atoms with van der Waals surface area (Å²) in [6.45, 7) is 3.89. The average molecular weight is 441 g/mol. The highest BCUT2D eigenvalue weighted by Crippen LogP contribution is 2.30. The number of nitrogens with zero attached hydrogens (tertiary/aromatic N) is 2. The van der Waals surface area contributed by atoms with Gasteiger partial charge >= 0.3 is 6.18 Å². The highest BCUT2D eigenvalue weighted by molar-refractivity contribution is 6.09. The molecule has 0 atom stereocenters. The first-order valence-electron chi connectivity index (χ1n) is 9.42. The van der Waals surface area contributed by atoms with Gasteiger partial charge in [-0.3, -0.25) is 4.79 Å². The number of aromatic nitrogens is 1. The second-order valence-corrected chi connectivity index (χ2v) is 6.86. The number of halogens is 3. The van der Waals surface area contributed by atoms with Gasteiger partial charge in [0.15, 0.2) is 0 Å². The predicted molar refractivity (Wildman–Crippen MR) is 110 cm³/mol. The highest BCUT2D eigenvalue weighted by Gasteiger charge is 2.30. The fourth-order valence-corrected chi connectivity index (χ4v) is 2.81. The summed E-state index contributed by atoms with van der Waals surface area (Å²) < 4.78 is 49.3. The van der Waals surface area contributed by atoms with Gasteiger partial charge in [-0.05, 0) is 55.8 Å². The minimum atomic E-state index is -4.54. The fraction of sp³-hybridized carbons (Fsp3) is 0.174. The van der Waals surface area contributed by atoms with E-state index in [4.69, 9.17) is 9.26 Å². The zero-order chi connectivity index (χ0) is 23.3. The predicted octanol–water partition coefficient (Wildman–Crippen LogP) is 5.43. The van der Waals surface area contributed by atoms with Crippen LogP contribution in [0, 0.1) is 25.2 Å². The van der Waals surface area contributed by atoms with Crippen molar-refractivity contribution < 1.29 is 27.2 Å². The topological polar surface area (TPSA) is 88.2 Å². The van der Waals surface area contributed by atoms with E-state index in [1.54, 1.807) is 37.3 Å². The summed E-state index contributed by atoms with van der Waals surface area (Å²) in [7, 11) is 0. The fourth-order valence-electron chi connectivity index (χ4n) is 2.81. The average Bonchev–Trinajstić information content (AvgIpc) is 3.08. The molecule has 3 rings (SSSR count). The number of benzene rings is 2. The van der Waals surface area contributed by atoms with Gasteiger partial charge in [0.25, 0.3) is 5.91 Å². The Morgan fingerprint density at radius 1 is 1.22 bits per heavy atom. The molecular formula is C23H18F3N3O3. The van der Waals surface area contributed by atoms with Crippen molar-refractivity contribution in [3.05, 3.63) is 82.2 Å². The number of hydrogen-bond acceptors (Lipinski definition) is 5. The summed E-state index contributed by atoms with van der Waals surface area (Å²) >= 11 is 0. The van der Waals surface area contributed by atoms with Crippen molar-refractivity contribution in [2.24, 2.45) is 0 Å². The molecule has 1 heterocycles. The van der Waals surface area contributed by atoms with Gasteiger partial charge in [0, 0.05) is 5.69 Å². The smallest absolute Gasteiger partial charge is 0.416 e. The Kier molecular flexibility index (Phi) is 6.64. The van der Waals surface area contributed by atoms with E-state index < -0.39 is 17.6 Å². The summed E-state index contributed by atoms with van der Waals surface area (Å²) in [5.41, 5.74) is 0.927. The van der Waals surface area contributed by atoms with Crippen LogP contribution >= 0.6 is 0 Å². The minimum Gasteiger partial charge on any atom is -0.489 e. The highest BCUT2D eigenvalue weighted by atomic mass is 19.4. The van der Waals surface area contributed by atoms with Crippen LogP contribution in [0.2, 0.25) is 0 Å². The van der Waals surface area contributed by atoms with Crippen LogP contribution in [0.3, 0.4) is 0 Å². The minimum absolute atomic E-state index is 0.0611. The van der Waals surface area contributed by atoms with E-state index in [0.717, 1.165) is 23.4 Å². The molecule has 0 radical (unpaired) electrons. The molecule has 0 spiro atoms. The van der Waals surface area contributed by atoms with Crippen molar-refractivity contribution in [2.75, 3.05) is 5.32 Å². The molecule has 0 aliphatic heterocycles. The summed E-state index contributed by atoms with van der Waals surface area (Å²) in [4.78, 5) is 12.4. The number of aryl methyl sites for hydroxylation is 2. The van der Waals surface area contributed by atoms with Gasteiger partial charge < -0.3 is 14.6 Å². The third kappa shape index (κ3) is 5.55. The molecular weight excluding hydrogens is 423 g/mol. The Morgan fingerprint density at radius 3 is 2.53 bits per heavy atom. The number of rotatable bonds is 6. The standard InChI is InChI=1S/C23H18F3N3O3/c1-14-21(15(2)32-29-14)13-31-20-8-6-16(7-9-20)10-17(12-27)22(30)28-19-5-3-4-18(11-19)23(24,25)26/h3-11H,13H2,1-2H3,(H,28,30)/b17-10+. The maximum absolute atomic E-state index is 12.8. The molecule has 0 saturated carbocycles. The molecule has 6 nitrogen and oxygen atoms in total. The number of amides is 1. The van der Waals surface area contributed by atoms with Gasteiger partial charge in [0.1, 0.15) is 29.8 Å². The number of alkyl halides is 3. The monoisotopic (exact) mass is 441 g/mol. The second kappa shape index (κ2) is 9.39. The Bertz CT molecular complexity index is 1170. The Morgan fingerprint density at radius 2 is 1.94 bits per heavy atom. The second-order valence-electron chi connectivity index (χ2n) is 6.86. The first-order chi connectivity index (χ1) is 15.2. The zero-order valence-electron chi connectivity index (χ0n) is 17.2. The maximum atomic E-state index is 12.8. The van der Waals surface area contributed by atoms with Gasteiger partial charge in [-0.1, -0.05) is 23.4 Å². The Balaban J connectivity index is 1.68.